The van der Waals surface area contributed by atoms with Gasteiger partial charge >= 0.3 is 0 Å². The molecule has 2 atom stereocenters. The molecule has 5 rings (SSSR count). The van der Waals surface area contributed by atoms with E-state index in [9.17, 15) is 0 Å². The van der Waals surface area contributed by atoms with Crippen LogP contribution in [0, 0.1) is 5.41 Å². The molecular weight excluding hydrogens is 539 g/mol. The predicted octanol–water partition coefficient (Wildman–Crippen LogP) is 7.07. The average molecular weight is 572 g/mol. The van der Waals surface area contributed by atoms with Gasteiger partial charge in [-0.05, 0) is 72.9 Å². The fraction of sp³-hybridized carbons (Fsp3) is 0.429. The van der Waals surface area contributed by atoms with Crippen LogP contribution in [0.1, 0.15) is 59.1 Å². The molecule has 2 heterocycles. The molecule has 0 radical (unpaired) electrons. The van der Waals surface area contributed by atoms with Crippen LogP contribution in [-0.2, 0) is 0 Å². The number of ether oxygens (including phenoxy) is 1. The first kappa shape index (κ1) is 26.9. The van der Waals surface area contributed by atoms with Crippen LogP contribution < -0.4 is 15.0 Å². The van der Waals surface area contributed by atoms with Gasteiger partial charge in [-0.1, -0.05) is 69.3 Å². The maximum absolute atomic E-state index is 6.55. The van der Waals surface area contributed by atoms with Gasteiger partial charge in [0.15, 0.2) is 5.11 Å². The van der Waals surface area contributed by atoms with Crippen LogP contribution in [-0.4, -0.2) is 37.3 Å². The summed E-state index contributed by atoms with van der Waals surface area (Å²) in [5.74, 6) is 1.54. The van der Waals surface area contributed by atoms with Crippen LogP contribution in [0.3, 0.4) is 0 Å². The monoisotopic (exact) mass is 570 g/mol. The summed E-state index contributed by atoms with van der Waals surface area (Å²) < 4.78 is 8.27. The van der Waals surface area contributed by atoms with Gasteiger partial charge in [0.05, 0.1) is 0 Å². The molecule has 1 saturated heterocycles. The molecule has 200 valence electrons. The molecule has 1 spiro atoms. The van der Waals surface area contributed by atoms with Gasteiger partial charge in [0.1, 0.15) is 35.8 Å². The SMILES string of the molecule is CC(C)(C)[C@H](N=C1NC(=S)N(c2cccc(Cl)c2)C12CCCCC2)[C@@H](Oc1ccc(Cl)cc1)n1cncn1. The van der Waals surface area contributed by atoms with Crippen molar-refractivity contribution >= 4 is 52.1 Å². The quantitative estimate of drug-likeness (QED) is 0.319. The molecule has 1 aromatic heterocycles. The fourth-order valence-corrected chi connectivity index (χ4v) is 6.08. The van der Waals surface area contributed by atoms with Crippen molar-refractivity contribution in [2.45, 2.75) is 70.7 Å². The second kappa shape index (κ2) is 10.8. The Morgan fingerprint density at radius 1 is 1.05 bits per heavy atom. The van der Waals surface area contributed by atoms with Crippen molar-refractivity contribution in [2.75, 3.05) is 4.90 Å². The van der Waals surface area contributed by atoms with E-state index in [2.05, 4.69) is 47.1 Å². The average Bonchev–Trinajstić information content (AvgIpc) is 3.49. The van der Waals surface area contributed by atoms with Crippen LogP contribution in [0.15, 0.2) is 66.2 Å². The zero-order valence-electron chi connectivity index (χ0n) is 21.8. The number of amidine groups is 1. The van der Waals surface area contributed by atoms with Gasteiger partial charge < -0.3 is 15.0 Å². The number of thiocarbonyl (C=S) groups is 1. The Morgan fingerprint density at radius 3 is 2.42 bits per heavy atom. The number of anilines is 1. The largest absolute Gasteiger partial charge is 0.466 e. The van der Waals surface area contributed by atoms with E-state index in [1.54, 1.807) is 11.0 Å². The summed E-state index contributed by atoms with van der Waals surface area (Å²) in [6.07, 6.45) is 7.88. The summed E-state index contributed by atoms with van der Waals surface area (Å²) >= 11 is 18.5. The molecule has 1 aliphatic heterocycles. The smallest absolute Gasteiger partial charge is 0.215 e. The lowest BCUT2D eigenvalue weighted by Gasteiger charge is -2.42. The highest BCUT2D eigenvalue weighted by atomic mass is 35.5. The zero-order valence-corrected chi connectivity index (χ0v) is 24.1. The van der Waals surface area contributed by atoms with E-state index in [4.69, 9.17) is 45.1 Å². The number of halogens is 2. The number of hydrogen-bond donors (Lipinski definition) is 1. The van der Waals surface area contributed by atoms with E-state index in [0.717, 1.165) is 37.2 Å². The van der Waals surface area contributed by atoms with Crippen LogP contribution >= 0.6 is 35.4 Å². The third-order valence-corrected chi connectivity index (χ3v) is 8.01. The maximum atomic E-state index is 6.55. The van der Waals surface area contributed by atoms with E-state index in [1.165, 1.54) is 12.7 Å². The first-order valence-electron chi connectivity index (χ1n) is 12.9. The van der Waals surface area contributed by atoms with Gasteiger partial charge in [0.25, 0.3) is 0 Å². The van der Waals surface area contributed by atoms with Crippen LogP contribution in [0.2, 0.25) is 10.0 Å². The number of hydrogen-bond acceptors (Lipinski definition) is 5. The second-order valence-electron chi connectivity index (χ2n) is 11.0. The normalized spacial score (nSPS) is 20.0. The number of benzene rings is 2. The summed E-state index contributed by atoms with van der Waals surface area (Å²) in [5, 5.41) is 9.90. The van der Waals surface area contributed by atoms with Gasteiger partial charge in [-0.3, -0.25) is 4.99 Å². The van der Waals surface area contributed by atoms with E-state index < -0.39 is 6.23 Å². The number of nitrogens with zero attached hydrogens (tertiary/aromatic N) is 5. The Labute approximate surface area is 239 Å². The Bertz CT molecular complexity index is 1300. The number of rotatable bonds is 6. The molecule has 0 bridgehead atoms. The second-order valence-corrected chi connectivity index (χ2v) is 12.2. The molecule has 7 nitrogen and oxygen atoms in total. The van der Waals surface area contributed by atoms with Gasteiger partial charge in [-0.2, -0.15) is 5.10 Å². The first-order valence-corrected chi connectivity index (χ1v) is 14.1. The van der Waals surface area contributed by atoms with Gasteiger partial charge in [-0.25, -0.2) is 9.67 Å². The first-order chi connectivity index (χ1) is 18.2. The molecule has 1 saturated carbocycles. The molecule has 38 heavy (non-hydrogen) atoms. The molecule has 2 aliphatic rings. The Morgan fingerprint density at radius 2 is 1.79 bits per heavy atom. The molecule has 2 aromatic carbocycles. The number of aromatic nitrogens is 3. The van der Waals surface area contributed by atoms with Gasteiger partial charge in [0.2, 0.25) is 6.23 Å². The lowest BCUT2D eigenvalue weighted by molar-refractivity contribution is 0.0469. The molecule has 1 N–H and O–H groups in total. The van der Waals surface area contributed by atoms with Crippen molar-refractivity contribution < 1.29 is 4.74 Å². The Kier molecular flexibility index (Phi) is 7.67. The van der Waals surface area contributed by atoms with E-state index >= 15 is 0 Å². The Hall–Kier alpha value is -2.68. The number of aliphatic imine (C=N–C) groups is 1. The highest BCUT2D eigenvalue weighted by Gasteiger charge is 2.51. The third kappa shape index (κ3) is 5.40. The molecule has 2 fully saturated rings. The zero-order chi connectivity index (χ0) is 26.9. The molecule has 0 amide bonds. The lowest BCUT2D eigenvalue weighted by Crippen LogP contribution is -2.52. The van der Waals surface area contributed by atoms with Crippen molar-refractivity contribution in [2.24, 2.45) is 10.4 Å². The highest BCUT2D eigenvalue weighted by Crippen LogP contribution is 2.43. The summed E-state index contributed by atoms with van der Waals surface area (Å²) in [7, 11) is 0. The van der Waals surface area contributed by atoms with E-state index in [0.29, 0.717) is 20.9 Å². The summed E-state index contributed by atoms with van der Waals surface area (Å²) in [6.45, 7) is 6.48. The van der Waals surface area contributed by atoms with Crippen LogP contribution in [0.25, 0.3) is 0 Å². The fourth-order valence-electron chi connectivity index (χ4n) is 5.39. The van der Waals surface area contributed by atoms with Crippen molar-refractivity contribution in [1.82, 2.24) is 20.1 Å². The number of nitrogens with one attached hydrogen (secondary N) is 1. The lowest BCUT2D eigenvalue weighted by atomic mass is 9.79. The van der Waals surface area contributed by atoms with E-state index in [-0.39, 0.29) is 17.0 Å². The molecule has 3 aromatic rings. The van der Waals surface area contributed by atoms with Crippen molar-refractivity contribution in [1.29, 1.82) is 0 Å². The minimum atomic E-state index is -0.553. The molecular formula is C28H32Cl2N6OS. The summed E-state index contributed by atoms with van der Waals surface area (Å²) in [5.41, 5.74) is 0.301. The minimum absolute atomic E-state index is 0.293. The predicted molar refractivity (Wildman–Crippen MR) is 157 cm³/mol. The maximum Gasteiger partial charge on any atom is 0.215 e. The summed E-state index contributed by atoms with van der Waals surface area (Å²) in [4.78, 5) is 11.9. The third-order valence-electron chi connectivity index (χ3n) is 7.24. The molecule has 10 heteroatoms. The van der Waals surface area contributed by atoms with Crippen molar-refractivity contribution in [3.63, 3.8) is 0 Å². The van der Waals surface area contributed by atoms with Crippen molar-refractivity contribution in [3.8, 4) is 5.75 Å². The van der Waals surface area contributed by atoms with Gasteiger partial charge in [-0.15, -0.1) is 0 Å². The topological polar surface area (TPSA) is 67.6 Å². The highest BCUT2D eigenvalue weighted by molar-refractivity contribution is 7.80. The summed E-state index contributed by atoms with van der Waals surface area (Å²) in [6, 6.07) is 14.9. The molecule has 0 unspecified atom stereocenters. The van der Waals surface area contributed by atoms with Gasteiger partial charge in [0, 0.05) is 15.7 Å². The van der Waals surface area contributed by atoms with Crippen LogP contribution in [0.5, 0.6) is 5.75 Å². The van der Waals surface area contributed by atoms with E-state index in [1.807, 2.05) is 42.5 Å². The molecule has 1 aliphatic carbocycles. The Balaban J connectivity index is 1.60. The van der Waals surface area contributed by atoms with Crippen LogP contribution in [0.4, 0.5) is 5.69 Å². The van der Waals surface area contributed by atoms with Crippen molar-refractivity contribution in [3.05, 3.63) is 71.2 Å². The standard InChI is InChI=1S/C28H32Cl2N6OS/c1-27(2,3)23(24(35-18-31-17-32-35)37-22-12-10-19(29)11-13-22)33-25-28(14-5-4-6-15-28)36(26(38)34-25)21-9-7-8-20(30)16-21/h7-13,16-18,23-24H,4-6,14-15H2,1-3H3,(H,33,34,38)/t23-,24-/m1/s1. The minimum Gasteiger partial charge on any atom is -0.466 e.